The lowest BCUT2D eigenvalue weighted by molar-refractivity contribution is -0.0621. The Morgan fingerprint density at radius 3 is 0.905 bits per heavy atom. The second kappa shape index (κ2) is 9.02. The molecular weight excluding hydrogens is 512 g/mol. The highest BCUT2D eigenvalue weighted by Crippen LogP contribution is 2.65. The van der Waals surface area contributed by atoms with E-state index in [4.69, 9.17) is 0 Å². The zero-order valence-corrected chi connectivity index (χ0v) is 26.0. The molecule has 0 saturated heterocycles. The van der Waals surface area contributed by atoms with Crippen LogP contribution in [0.2, 0.25) is 0 Å². The van der Waals surface area contributed by atoms with Gasteiger partial charge in [-0.25, -0.2) is 0 Å². The predicted octanol–water partition coefficient (Wildman–Crippen LogP) is 8.33. The van der Waals surface area contributed by atoms with E-state index in [9.17, 15) is 10.2 Å². The molecule has 0 amide bonds. The van der Waals surface area contributed by atoms with E-state index in [1.807, 2.05) is 22.3 Å². The van der Waals surface area contributed by atoms with Crippen LogP contribution in [0.1, 0.15) is 116 Å². The van der Waals surface area contributed by atoms with Crippen molar-refractivity contribution in [2.24, 2.45) is 94.7 Å². The van der Waals surface area contributed by atoms with E-state index < -0.39 is 0 Å². The van der Waals surface area contributed by atoms with Gasteiger partial charge in [-0.15, -0.1) is 0 Å². The number of aliphatic hydroxyl groups is 2. The van der Waals surface area contributed by atoms with Crippen molar-refractivity contribution in [3.05, 3.63) is 22.3 Å². The molecule has 16 aliphatic carbocycles. The Labute approximate surface area is 254 Å². The molecule has 16 aliphatic rings. The molecule has 228 valence electrons. The van der Waals surface area contributed by atoms with Crippen LogP contribution in [0.4, 0.5) is 0 Å². The first kappa shape index (κ1) is 25.6. The van der Waals surface area contributed by atoms with Gasteiger partial charge in [0, 0.05) is 11.8 Å². The van der Waals surface area contributed by atoms with E-state index in [0.717, 1.165) is 71.0 Å². The Balaban J connectivity index is 0.000000107. The molecule has 0 heterocycles. The first-order valence-electron chi connectivity index (χ1n) is 19.4. The molecule has 2 heteroatoms. The van der Waals surface area contributed by atoms with Gasteiger partial charge >= 0.3 is 0 Å². The van der Waals surface area contributed by atoms with Crippen molar-refractivity contribution < 1.29 is 10.2 Å². The van der Waals surface area contributed by atoms with Gasteiger partial charge in [0.1, 0.15) is 0 Å². The third-order valence-corrected chi connectivity index (χ3v) is 17.0. The van der Waals surface area contributed by atoms with E-state index >= 15 is 0 Å². The van der Waals surface area contributed by atoms with Crippen LogP contribution in [0.25, 0.3) is 0 Å². The first-order valence-corrected chi connectivity index (χ1v) is 19.4. The van der Waals surface area contributed by atoms with Gasteiger partial charge in [0.2, 0.25) is 0 Å². The van der Waals surface area contributed by atoms with Gasteiger partial charge in [0.05, 0.1) is 12.2 Å². The Bertz CT molecular complexity index is 1070. The highest BCUT2D eigenvalue weighted by Gasteiger charge is 2.56. The molecule has 0 spiro atoms. The van der Waals surface area contributed by atoms with Crippen molar-refractivity contribution in [1.82, 2.24) is 0 Å². The molecular formula is C40H56O2. The molecule has 16 fully saturated rings. The SMILES string of the molecule is O[C@@H]1[C@@H]2C[C@H]3C[C@@H](C2)C(=C2C4CC5CC(C4)CC2C5)[C@@H]1C3.O[C@@H]1[C@@H]2C[C@H]3C[C@@H](C2)C(=C2C4CC5CC(C4)CC2C5)[C@@H]1C3. The maximum atomic E-state index is 10.8. The van der Waals surface area contributed by atoms with Crippen LogP contribution in [0.15, 0.2) is 22.3 Å². The highest BCUT2D eigenvalue weighted by molar-refractivity contribution is 5.35. The van der Waals surface area contributed by atoms with Crippen LogP contribution in [0.5, 0.6) is 0 Å². The van der Waals surface area contributed by atoms with Gasteiger partial charge in [-0.2, -0.15) is 0 Å². The zero-order chi connectivity index (χ0) is 27.4. The summed E-state index contributed by atoms with van der Waals surface area (Å²) in [5.74, 6) is 14.3. The Hall–Kier alpha value is -0.600. The second-order valence-corrected chi connectivity index (χ2v) is 19.2. The van der Waals surface area contributed by atoms with Crippen molar-refractivity contribution >= 4 is 0 Å². The molecule has 2 N–H and O–H groups in total. The quantitative estimate of drug-likeness (QED) is 0.288. The fourth-order valence-electron chi connectivity index (χ4n) is 16.5. The van der Waals surface area contributed by atoms with Gasteiger partial charge < -0.3 is 10.2 Å². The minimum Gasteiger partial charge on any atom is -0.392 e. The van der Waals surface area contributed by atoms with E-state index in [1.165, 1.54) is 103 Å². The van der Waals surface area contributed by atoms with Crippen molar-refractivity contribution in [2.75, 3.05) is 0 Å². The van der Waals surface area contributed by atoms with Gasteiger partial charge in [0.25, 0.3) is 0 Å². The zero-order valence-electron chi connectivity index (χ0n) is 26.0. The van der Waals surface area contributed by atoms with Crippen molar-refractivity contribution in [3.8, 4) is 0 Å². The van der Waals surface area contributed by atoms with E-state index in [0.29, 0.717) is 23.7 Å². The minimum absolute atomic E-state index is 0.0255. The normalized spacial score (nSPS) is 60.1. The number of hydrogen-bond donors (Lipinski definition) is 2. The summed E-state index contributed by atoms with van der Waals surface area (Å²) in [5, 5.41) is 21.6. The summed E-state index contributed by atoms with van der Waals surface area (Å²) in [6.45, 7) is 0. The van der Waals surface area contributed by atoms with Crippen LogP contribution in [-0.2, 0) is 0 Å². The molecule has 16 saturated carbocycles. The average Bonchev–Trinajstić information content (AvgIpc) is 2.95. The number of aliphatic hydroxyl groups excluding tert-OH is 2. The lowest BCUT2D eigenvalue weighted by Crippen LogP contribution is -2.52. The van der Waals surface area contributed by atoms with Gasteiger partial charge in [-0.3, -0.25) is 0 Å². The monoisotopic (exact) mass is 568 g/mol. The molecule has 0 aromatic carbocycles. The van der Waals surface area contributed by atoms with Crippen molar-refractivity contribution in [1.29, 1.82) is 0 Å². The maximum absolute atomic E-state index is 10.8. The Morgan fingerprint density at radius 2 is 0.571 bits per heavy atom. The summed E-state index contributed by atoms with van der Waals surface area (Å²) in [4.78, 5) is 0. The Morgan fingerprint density at radius 1 is 0.286 bits per heavy atom. The van der Waals surface area contributed by atoms with Crippen LogP contribution < -0.4 is 0 Å². The highest BCUT2D eigenvalue weighted by atomic mass is 16.3. The van der Waals surface area contributed by atoms with Gasteiger partial charge in [-0.1, -0.05) is 22.3 Å². The molecule has 0 aromatic rings. The van der Waals surface area contributed by atoms with Crippen LogP contribution in [0, 0.1) is 94.7 Å². The predicted molar refractivity (Wildman–Crippen MR) is 165 cm³/mol. The summed E-state index contributed by atoms with van der Waals surface area (Å²) in [7, 11) is 0. The second-order valence-electron chi connectivity index (χ2n) is 19.2. The van der Waals surface area contributed by atoms with Crippen molar-refractivity contribution in [3.63, 3.8) is 0 Å². The van der Waals surface area contributed by atoms with Gasteiger partial charge in [-0.05, 0) is 198 Å². The first-order chi connectivity index (χ1) is 20.5. The fourth-order valence-corrected chi connectivity index (χ4v) is 16.5. The van der Waals surface area contributed by atoms with Crippen LogP contribution >= 0.6 is 0 Å². The third-order valence-electron chi connectivity index (χ3n) is 17.0. The molecule has 10 atom stereocenters. The summed E-state index contributed by atoms with van der Waals surface area (Å²) >= 11 is 0. The van der Waals surface area contributed by atoms with Crippen LogP contribution in [-0.4, -0.2) is 22.4 Å². The molecule has 0 aliphatic heterocycles. The summed E-state index contributed by atoms with van der Waals surface area (Å²) in [6, 6.07) is 0. The largest absolute Gasteiger partial charge is 0.392 e. The molecule has 0 unspecified atom stereocenters. The lowest BCUT2D eigenvalue weighted by atomic mass is 9.47. The topological polar surface area (TPSA) is 40.5 Å². The third kappa shape index (κ3) is 3.58. The average molecular weight is 569 g/mol. The number of allylic oxidation sites excluding steroid dienone is 2. The molecule has 16 rings (SSSR count). The van der Waals surface area contributed by atoms with Gasteiger partial charge in [0.15, 0.2) is 0 Å². The molecule has 16 bridgehead atoms. The summed E-state index contributed by atoms with van der Waals surface area (Å²) in [5.41, 5.74) is 7.58. The molecule has 2 nitrogen and oxygen atoms in total. The number of hydrogen-bond acceptors (Lipinski definition) is 2. The summed E-state index contributed by atoms with van der Waals surface area (Å²) in [6.07, 6.45) is 26.2. The molecule has 42 heavy (non-hydrogen) atoms. The molecule has 0 aromatic heterocycles. The van der Waals surface area contributed by atoms with E-state index in [-0.39, 0.29) is 12.2 Å². The van der Waals surface area contributed by atoms with E-state index in [2.05, 4.69) is 0 Å². The molecule has 0 radical (unpaired) electrons. The maximum Gasteiger partial charge on any atom is 0.0634 e. The minimum atomic E-state index is 0.0255. The fraction of sp³-hybridized carbons (Fsp3) is 0.900. The summed E-state index contributed by atoms with van der Waals surface area (Å²) < 4.78 is 0. The standard InChI is InChI=1S/2C20H28O/c2*21-20-16-7-12-6-15(9-16)19(17(20)8-12)18-13-2-10-1-11(4-13)5-14(18)3-10/h2*10-17,20-21H,1-9H2/t2*10?,11?,12-,13?,14?,15+,16-,17+,20-/m11/s1. The lowest BCUT2D eigenvalue weighted by Gasteiger charge is -2.59. The van der Waals surface area contributed by atoms with Crippen LogP contribution in [0.3, 0.4) is 0 Å². The Kier molecular flexibility index (Phi) is 5.49. The smallest absolute Gasteiger partial charge is 0.0634 e. The van der Waals surface area contributed by atoms with Crippen molar-refractivity contribution in [2.45, 2.75) is 128 Å². The number of rotatable bonds is 0. The van der Waals surface area contributed by atoms with E-state index in [1.54, 1.807) is 12.8 Å².